The molecule has 2 aliphatic heterocycles. The van der Waals surface area contributed by atoms with E-state index in [1.807, 2.05) is 0 Å². The second-order valence-electron chi connectivity index (χ2n) is 12.1. The zero-order chi connectivity index (χ0) is 32.8. The molecule has 2 atom stereocenters. The number of halogens is 7. The van der Waals surface area contributed by atoms with Crippen molar-refractivity contribution in [2.75, 3.05) is 45.2 Å². The van der Waals surface area contributed by atoms with Crippen LogP contribution in [0.4, 0.5) is 41.2 Å². The number of nitrogens with zero attached hydrogens (tertiary/aromatic N) is 4. The Labute approximate surface area is 255 Å². The monoisotopic (exact) mass is 642 g/mol. The Hall–Kier alpha value is -3.84. The van der Waals surface area contributed by atoms with E-state index < -0.39 is 53.0 Å². The topological polar surface area (TPSA) is 64.2 Å². The van der Waals surface area contributed by atoms with Crippen molar-refractivity contribution < 1.29 is 45.1 Å². The summed E-state index contributed by atoms with van der Waals surface area (Å²) in [6.07, 6.45) is -7.45. The van der Waals surface area contributed by atoms with Crippen LogP contribution in [0.2, 0.25) is 0 Å². The number of urea groups is 1. The molecule has 2 aromatic rings. The number of hydrogen-bond donors (Lipinski definition) is 0. The third-order valence-corrected chi connectivity index (χ3v) is 9.03. The number of anilines is 1. The summed E-state index contributed by atoms with van der Waals surface area (Å²) in [5, 5.41) is 0. The van der Waals surface area contributed by atoms with E-state index in [2.05, 4.69) is 0 Å². The van der Waals surface area contributed by atoms with Gasteiger partial charge in [0.15, 0.2) is 0 Å². The lowest BCUT2D eigenvalue weighted by Gasteiger charge is -2.34. The fourth-order valence-electron chi connectivity index (χ4n) is 6.21. The molecule has 1 saturated carbocycles. The highest BCUT2D eigenvalue weighted by molar-refractivity contribution is 5.92. The number of carbonyl (C=O) groups is 3. The molecule has 0 spiro atoms. The maximum atomic E-state index is 13.8. The number of alkyl halides is 6. The number of hydrogen-bond acceptors (Lipinski definition) is 3. The summed E-state index contributed by atoms with van der Waals surface area (Å²) < 4.78 is 94.6. The molecule has 0 unspecified atom stereocenters. The van der Waals surface area contributed by atoms with Crippen LogP contribution in [-0.2, 0) is 21.9 Å². The fraction of sp³-hybridized carbons (Fsp3) is 0.516. The van der Waals surface area contributed by atoms with Crippen molar-refractivity contribution in [2.24, 2.45) is 11.8 Å². The highest BCUT2D eigenvalue weighted by Crippen LogP contribution is 2.39. The van der Waals surface area contributed by atoms with Crippen molar-refractivity contribution >= 4 is 23.5 Å². The Bertz CT molecular complexity index is 1400. The Morgan fingerprint density at radius 2 is 1.24 bits per heavy atom. The first-order chi connectivity index (χ1) is 21.0. The van der Waals surface area contributed by atoms with E-state index >= 15 is 0 Å². The summed E-state index contributed by atoms with van der Waals surface area (Å²) in [5.74, 6) is -1.33. The molecule has 0 N–H and O–H groups in total. The van der Waals surface area contributed by atoms with Gasteiger partial charge in [0.2, 0.25) is 11.8 Å². The van der Waals surface area contributed by atoms with Crippen LogP contribution in [-0.4, -0.2) is 78.9 Å². The van der Waals surface area contributed by atoms with Gasteiger partial charge < -0.3 is 14.7 Å². The largest absolute Gasteiger partial charge is 0.416 e. The predicted molar refractivity (Wildman–Crippen MR) is 150 cm³/mol. The van der Waals surface area contributed by atoms with Gasteiger partial charge in [0.1, 0.15) is 5.82 Å². The fourth-order valence-corrected chi connectivity index (χ4v) is 6.21. The number of likely N-dealkylation sites (tertiary alicyclic amines) is 2. The van der Waals surface area contributed by atoms with Gasteiger partial charge in [-0.05, 0) is 61.6 Å². The molecular formula is C31H33F7N4O3. The lowest BCUT2D eigenvalue weighted by atomic mass is 9.93. The summed E-state index contributed by atoms with van der Waals surface area (Å²) in [4.78, 5) is 45.0. The van der Waals surface area contributed by atoms with Crippen LogP contribution in [0.1, 0.15) is 48.3 Å². The molecule has 0 aromatic heterocycles. The minimum atomic E-state index is -5.09. The third kappa shape index (κ3) is 7.04. The van der Waals surface area contributed by atoms with Crippen LogP contribution in [0.25, 0.3) is 0 Å². The predicted octanol–water partition coefficient (Wildman–Crippen LogP) is 5.99. The SMILES string of the molecule is CN(C(=O)N(C)[C@@H]1CN(C(=O)C2CCN(C(=O)C3CC3)CC2)C[C@H]1c1ccc(F)cc1)c1cc(C(F)(F)F)cc(C(F)(F)F)c1. The first-order valence-corrected chi connectivity index (χ1v) is 14.7. The molecule has 2 heterocycles. The summed E-state index contributed by atoms with van der Waals surface area (Å²) in [7, 11) is 2.45. The molecule has 1 aliphatic carbocycles. The van der Waals surface area contributed by atoms with Gasteiger partial charge in [-0.1, -0.05) is 12.1 Å². The van der Waals surface area contributed by atoms with Crippen LogP contribution >= 0.6 is 0 Å². The standard InChI is InChI=1S/C31H33F7N4O3/c1-39(24-14-21(30(33,34)35)13-22(15-24)31(36,37)38)29(45)40(2)26-17-42(16-25(26)18-5-7-23(32)8-6-18)28(44)20-9-11-41(12-10-20)27(43)19-3-4-19/h5-8,13-15,19-20,25-26H,3-4,9-12,16-17H2,1-2H3/t25-,26+/m0/s1. The Morgan fingerprint density at radius 3 is 1.76 bits per heavy atom. The number of amides is 4. The average Bonchev–Trinajstić information content (AvgIpc) is 3.76. The van der Waals surface area contributed by atoms with Crippen molar-refractivity contribution in [1.82, 2.24) is 14.7 Å². The van der Waals surface area contributed by atoms with Crippen molar-refractivity contribution in [3.05, 3.63) is 65.0 Å². The van der Waals surface area contributed by atoms with Gasteiger partial charge >= 0.3 is 18.4 Å². The molecule has 2 saturated heterocycles. The van der Waals surface area contributed by atoms with Crippen molar-refractivity contribution in [3.8, 4) is 0 Å². The Morgan fingerprint density at radius 1 is 0.733 bits per heavy atom. The zero-order valence-corrected chi connectivity index (χ0v) is 24.7. The molecule has 0 radical (unpaired) electrons. The van der Waals surface area contributed by atoms with E-state index in [1.54, 1.807) is 9.80 Å². The van der Waals surface area contributed by atoms with E-state index in [1.165, 1.54) is 36.2 Å². The third-order valence-electron chi connectivity index (χ3n) is 9.03. The van der Waals surface area contributed by atoms with Gasteiger partial charge in [0, 0.05) is 63.7 Å². The second kappa shape index (κ2) is 12.2. The molecule has 4 amide bonds. The molecule has 45 heavy (non-hydrogen) atoms. The van der Waals surface area contributed by atoms with Crippen LogP contribution in [0.5, 0.6) is 0 Å². The van der Waals surface area contributed by atoms with Crippen LogP contribution in [0.15, 0.2) is 42.5 Å². The number of likely N-dealkylation sites (N-methyl/N-ethyl adjacent to an activating group) is 1. The Kier molecular flexibility index (Phi) is 8.80. The molecule has 0 bridgehead atoms. The highest BCUT2D eigenvalue weighted by Gasteiger charge is 2.44. The Balaban J connectivity index is 1.36. The van der Waals surface area contributed by atoms with Gasteiger partial charge in [-0.25, -0.2) is 9.18 Å². The van der Waals surface area contributed by atoms with E-state index in [0.717, 1.165) is 19.9 Å². The van der Waals surface area contributed by atoms with E-state index in [9.17, 15) is 45.1 Å². The molecule has 5 rings (SSSR count). The molecule has 14 heteroatoms. The summed E-state index contributed by atoms with van der Waals surface area (Å²) in [6, 6.07) is 4.84. The van der Waals surface area contributed by atoms with Crippen molar-refractivity contribution in [3.63, 3.8) is 0 Å². The van der Waals surface area contributed by atoms with Crippen molar-refractivity contribution in [2.45, 2.75) is 50.0 Å². The van der Waals surface area contributed by atoms with Crippen LogP contribution < -0.4 is 4.90 Å². The van der Waals surface area contributed by atoms with Crippen molar-refractivity contribution in [1.29, 1.82) is 0 Å². The molecule has 3 aliphatic rings. The second-order valence-corrected chi connectivity index (χ2v) is 12.1. The van der Waals surface area contributed by atoms with Gasteiger partial charge in [-0.2, -0.15) is 26.3 Å². The average molecular weight is 643 g/mol. The molecular weight excluding hydrogens is 609 g/mol. The lowest BCUT2D eigenvalue weighted by Crippen LogP contribution is -2.48. The first kappa shape index (κ1) is 32.6. The molecule has 3 fully saturated rings. The number of rotatable bonds is 5. The summed E-state index contributed by atoms with van der Waals surface area (Å²) in [5.41, 5.74) is -3.10. The minimum Gasteiger partial charge on any atom is -0.342 e. The van der Waals surface area contributed by atoms with E-state index in [-0.39, 0.29) is 42.8 Å². The van der Waals surface area contributed by atoms with Gasteiger partial charge in [-0.3, -0.25) is 14.5 Å². The minimum absolute atomic E-state index is 0.0110. The van der Waals surface area contributed by atoms with Gasteiger partial charge in [0.05, 0.1) is 17.2 Å². The molecule has 244 valence electrons. The summed E-state index contributed by atoms with van der Waals surface area (Å²) in [6.45, 7) is 1.14. The quantitative estimate of drug-likeness (QED) is 0.377. The van der Waals surface area contributed by atoms with E-state index in [4.69, 9.17) is 0 Å². The zero-order valence-electron chi connectivity index (χ0n) is 24.7. The summed E-state index contributed by atoms with van der Waals surface area (Å²) >= 11 is 0. The molecule has 2 aromatic carbocycles. The van der Waals surface area contributed by atoms with Gasteiger partial charge in [0.25, 0.3) is 0 Å². The number of benzene rings is 2. The highest BCUT2D eigenvalue weighted by atomic mass is 19.4. The first-order valence-electron chi connectivity index (χ1n) is 14.7. The maximum Gasteiger partial charge on any atom is 0.416 e. The number of carbonyl (C=O) groups excluding carboxylic acids is 3. The van der Waals surface area contributed by atoms with E-state index in [0.29, 0.717) is 48.5 Å². The van der Waals surface area contributed by atoms with Crippen LogP contribution in [0.3, 0.4) is 0 Å². The lowest BCUT2D eigenvalue weighted by molar-refractivity contribution is -0.143. The number of piperidine rings is 1. The normalized spacial score (nSPS) is 21.2. The van der Waals surface area contributed by atoms with Gasteiger partial charge in [-0.15, -0.1) is 0 Å². The smallest absolute Gasteiger partial charge is 0.342 e. The molecule has 7 nitrogen and oxygen atoms in total. The van der Waals surface area contributed by atoms with Crippen LogP contribution in [0, 0.1) is 17.7 Å². The maximum absolute atomic E-state index is 13.8.